The summed E-state index contributed by atoms with van der Waals surface area (Å²) in [6.45, 7) is 5.55. The molecule has 0 heterocycles. The highest BCUT2D eigenvalue weighted by Crippen LogP contribution is 2.08. The van der Waals surface area contributed by atoms with E-state index >= 15 is 0 Å². The van der Waals surface area contributed by atoms with Gasteiger partial charge >= 0.3 is 0 Å². The Morgan fingerprint density at radius 1 is 1.35 bits per heavy atom. The van der Waals surface area contributed by atoms with Crippen molar-refractivity contribution < 1.29 is 4.79 Å². The summed E-state index contributed by atoms with van der Waals surface area (Å²) in [5.41, 5.74) is 1.26. The van der Waals surface area contributed by atoms with Crippen LogP contribution in [0.25, 0.3) is 0 Å². The van der Waals surface area contributed by atoms with Gasteiger partial charge in [0, 0.05) is 16.2 Å². The van der Waals surface area contributed by atoms with Crippen LogP contribution in [0.1, 0.15) is 17.3 Å². The lowest BCUT2D eigenvalue weighted by atomic mass is 10.2. The van der Waals surface area contributed by atoms with E-state index in [1.807, 2.05) is 19.1 Å². The standard InChI is InChI=1S/C14H15NOS/c1-3-5-6-12(4-2)15-14(16)11-7-9-13(17)10-8-11/h3-10,17H,2H2,1H3,(H,15,16)/b5-3-,12-6+. The maximum absolute atomic E-state index is 11.8. The van der Waals surface area contributed by atoms with Gasteiger partial charge in [0.05, 0.1) is 0 Å². The Labute approximate surface area is 107 Å². The molecule has 0 aromatic heterocycles. The number of allylic oxidation sites excluding steroid dienone is 4. The van der Waals surface area contributed by atoms with Crippen molar-refractivity contribution in [1.82, 2.24) is 5.32 Å². The molecule has 0 atom stereocenters. The maximum atomic E-state index is 11.8. The summed E-state index contributed by atoms with van der Waals surface area (Å²) in [6.07, 6.45) is 7.11. The molecule has 1 aromatic rings. The highest BCUT2D eigenvalue weighted by atomic mass is 32.1. The first-order chi connectivity index (χ1) is 8.17. The zero-order valence-corrected chi connectivity index (χ0v) is 10.6. The predicted octanol–water partition coefficient (Wildman–Crippen LogP) is 3.35. The molecular weight excluding hydrogens is 230 g/mol. The Morgan fingerprint density at radius 3 is 2.53 bits per heavy atom. The third-order valence-corrected chi connectivity index (χ3v) is 2.37. The molecule has 0 aliphatic heterocycles. The SMILES string of the molecule is C=C/C(=C\C=C/C)NC(=O)c1ccc(S)cc1. The van der Waals surface area contributed by atoms with E-state index in [1.54, 1.807) is 36.4 Å². The second-order valence-electron chi connectivity index (χ2n) is 3.35. The molecule has 0 bridgehead atoms. The Kier molecular flexibility index (Phi) is 5.30. The fourth-order valence-corrected chi connectivity index (χ4v) is 1.33. The highest BCUT2D eigenvalue weighted by molar-refractivity contribution is 7.80. The lowest BCUT2D eigenvalue weighted by Crippen LogP contribution is -2.21. The Hall–Kier alpha value is -1.74. The minimum atomic E-state index is -0.158. The lowest BCUT2D eigenvalue weighted by Gasteiger charge is -2.05. The summed E-state index contributed by atoms with van der Waals surface area (Å²) in [6, 6.07) is 7.02. The number of thiol groups is 1. The second-order valence-corrected chi connectivity index (χ2v) is 3.87. The second kappa shape index (κ2) is 6.76. The van der Waals surface area contributed by atoms with Gasteiger partial charge in [0.15, 0.2) is 0 Å². The van der Waals surface area contributed by atoms with Crippen LogP contribution in [0.2, 0.25) is 0 Å². The Balaban J connectivity index is 2.77. The predicted molar refractivity (Wildman–Crippen MR) is 74.3 cm³/mol. The molecule has 3 heteroatoms. The average Bonchev–Trinajstić information content (AvgIpc) is 2.35. The number of carbonyl (C=O) groups excluding carboxylic acids is 1. The molecule has 88 valence electrons. The molecule has 1 amide bonds. The first kappa shape index (κ1) is 13.3. The van der Waals surface area contributed by atoms with Gasteiger partial charge in [-0.1, -0.05) is 18.7 Å². The minimum absolute atomic E-state index is 0.158. The van der Waals surface area contributed by atoms with Gasteiger partial charge in [-0.05, 0) is 43.3 Å². The first-order valence-corrected chi connectivity index (χ1v) is 5.68. The Morgan fingerprint density at radius 2 is 2.00 bits per heavy atom. The molecule has 1 N–H and O–H groups in total. The van der Waals surface area contributed by atoms with Crippen molar-refractivity contribution in [2.45, 2.75) is 11.8 Å². The average molecular weight is 245 g/mol. The quantitative estimate of drug-likeness (QED) is 0.618. The van der Waals surface area contributed by atoms with Crippen LogP contribution in [0.5, 0.6) is 0 Å². The summed E-state index contributed by atoms with van der Waals surface area (Å²) in [7, 11) is 0. The van der Waals surface area contributed by atoms with Crippen LogP contribution in [0, 0.1) is 0 Å². The molecule has 0 aliphatic rings. The van der Waals surface area contributed by atoms with Crippen molar-refractivity contribution in [2.75, 3.05) is 0 Å². The van der Waals surface area contributed by atoms with Crippen LogP contribution in [-0.4, -0.2) is 5.91 Å². The van der Waals surface area contributed by atoms with E-state index in [4.69, 9.17) is 0 Å². The fourth-order valence-electron chi connectivity index (χ4n) is 1.18. The van der Waals surface area contributed by atoms with Gasteiger partial charge in [-0.25, -0.2) is 0 Å². The van der Waals surface area contributed by atoms with Crippen molar-refractivity contribution in [3.05, 3.63) is 66.4 Å². The van der Waals surface area contributed by atoms with Crippen molar-refractivity contribution in [3.8, 4) is 0 Å². The molecule has 1 aromatic carbocycles. The summed E-state index contributed by atoms with van der Waals surface area (Å²) in [5.74, 6) is -0.158. The summed E-state index contributed by atoms with van der Waals surface area (Å²) >= 11 is 4.17. The zero-order valence-electron chi connectivity index (χ0n) is 9.68. The van der Waals surface area contributed by atoms with Gasteiger partial charge in [-0.15, -0.1) is 12.6 Å². The van der Waals surface area contributed by atoms with E-state index in [9.17, 15) is 4.79 Å². The molecule has 0 radical (unpaired) electrons. The molecule has 17 heavy (non-hydrogen) atoms. The van der Waals surface area contributed by atoms with Gasteiger partial charge in [0.2, 0.25) is 0 Å². The first-order valence-electron chi connectivity index (χ1n) is 5.23. The smallest absolute Gasteiger partial charge is 0.255 e. The maximum Gasteiger partial charge on any atom is 0.255 e. The normalized spacial score (nSPS) is 11.5. The van der Waals surface area contributed by atoms with Crippen LogP contribution in [0.3, 0.4) is 0 Å². The van der Waals surface area contributed by atoms with Gasteiger partial charge in [-0.2, -0.15) is 0 Å². The van der Waals surface area contributed by atoms with Crippen molar-refractivity contribution in [1.29, 1.82) is 0 Å². The van der Waals surface area contributed by atoms with Gasteiger partial charge in [0.1, 0.15) is 0 Å². The van der Waals surface area contributed by atoms with E-state index in [1.165, 1.54) is 0 Å². The van der Waals surface area contributed by atoms with Gasteiger partial charge in [-0.3, -0.25) is 4.79 Å². The van der Waals surface area contributed by atoms with Crippen molar-refractivity contribution >= 4 is 18.5 Å². The molecule has 0 unspecified atom stereocenters. The topological polar surface area (TPSA) is 29.1 Å². The third kappa shape index (κ3) is 4.33. The number of nitrogens with one attached hydrogen (secondary N) is 1. The molecule has 0 spiro atoms. The molecule has 0 aliphatic carbocycles. The van der Waals surface area contributed by atoms with E-state index in [-0.39, 0.29) is 5.91 Å². The number of carbonyl (C=O) groups is 1. The van der Waals surface area contributed by atoms with Crippen LogP contribution < -0.4 is 5.32 Å². The minimum Gasteiger partial charge on any atom is -0.322 e. The Bertz CT molecular complexity index is 458. The molecule has 2 nitrogen and oxygen atoms in total. The lowest BCUT2D eigenvalue weighted by molar-refractivity contribution is 0.0967. The van der Waals surface area contributed by atoms with E-state index < -0.39 is 0 Å². The molecule has 0 saturated heterocycles. The number of rotatable bonds is 4. The van der Waals surface area contributed by atoms with Crippen LogP contribution in [-0.2, 0) is 0 Å². The van der Waals surface area contributed by atoms with Gasteiger partial charge < -0.3 is 5.32 Å². The van der Waals surface area contributed by atoms with Crippen LogP contribution in [0.4, 0.5) is 0 Å². The van der Waals surface area contributed by atoms with Crippen molar-refractivity contribution in [2.24, 2.45) is 0 Å². The number of benzene rings is 1. The van der Waals surface area contributed by atoms with Crippen molar-refractivity contribution in [3.63, 3.8) is 0 Å². The van der Waals surface area contributed by atoms with Gasteiger partial charge in [0.25, 0.3) is 5.91 Å². The summed E-state index contributed by atoms with van der Waals surface area (Å²) in [4.78, 5) is 12.7. The monoisotopic (exact) mass is 245 g/mol. The molecular formula is C14H15NOS. The highest BCUT2D eigenvalue weighted by Gasteiger charge is 2.04. The van der Waals surface area contributed by atoms with Crippen LogP contribution >= 0.6 is 12.6 Å². The van der Waals surface area contributed by atoms with Crippen LogP contribution in [0.15, 0.2) is 65.7 Å². The molecule has 0 fully saturated rings. The number of amides is 1. The van der Waals surface area contributed by atoms with E-state index in [0.717, 1.165) is 4.90 Å². The summed E-state index contributed by atoms with van der Waals surface area (Å²) < 4.78 is 0. The third-order valence-electron chi connectivity index (χ3n) is 2.08. The number of hydrogen-bond acceptors (Lipinski definition) is 2. The largest absolute Gasteiger partial charge is 0.322 e. The molecule has 0 saturated carbocycles. The van der Waals surface area contributed by atoms with E-state index in [0.29, 0.717) is 11.3 Å². The van der Waals surface area contributed by atoms with E-state index in [2.05, 4.69) is 24.5 Å². The fraction of sp³-hybridized carbons (Fsp3) is 0.0714. The zero-order chi connectivity index (χ0) is 12.7. The number of hydrogen-bond donors (Lipinski definition) is 2. The molecule has 1 rings (SSSR count). The summed E-state index contributed by atoms with van der Waals surface area (Å²) in [5, 5.41) is 2.77.